The summed E-state index contributed by atoms with van der Waals surface area (Å²) in [4.78, 5) is 2.39. The highest BCUT2D eigenvalue weighted by Crippen LogP contribution is 2.39. The molecule has 3 nitrogen and oxygen atoms in total. The second-order valence-electron chi connectivity index (χ2n) is 8.03. The van der Waals surface area contributed by atoms with Crippen molar-refractivity contribution in [3.8, 4) is 11.1 Å². The molecule has 2 aromatic carbocycles. The normalized spacial score (nSPS) is 17.5. The highest BCUT2D eigenvalue weighted by molar-refractivity contribution is 5.64. The molecule has 0 amide bonds. The summed E-state index contributed by atoms with van der Waals surface area (Å²) in [5, 5.41) is 13.3. The van der Waals surface area contributed by atoms with Crippen LogP contribution in [0.25, 0.3) is 11.1 Å². The topological polar surface area (TPSA) is 35.5 Å². The van der Waals surface area contributed by atoms with Crippen LogP contribution in [-0.2, 0) is 6.18 Å². The lowest BCUT2D eigenvalue weighted by Crippen LogP contribution is -2.49. The Hall–Kier alpha value is -1.89. The van der Waals surface area contributed by atoms with Crippen molar-refractivity contribution in [3.05, 3.63) is 59.7 Å². The molecule has 0 spiro atoms. The average molecular weight is 392 g/mol. The zero-order valence-electron chi connectivity index (χ0n) is 16.3. The molecule has 0 aliphatic carbocycles. The molecule has 3 rings (SSSR count). The fourth-order valence-electron chi connectivity index (χ4n) is 3.89. The molecule has 6 heteroatoms. The number of hydrogen-bond acceptors (Lipinski definition) is 3. The Morgan fingerprint density at radius 1 is 0.929 bits per heavy atom. The number of hydrogen-bond donors (Lipinski definition) is 2. The lowest BCUT2D eigenvalue weighted by molar-refractivity contribution is -0.137. The van der Waals surface area contributed by atoms with Crippen LogP contribution in [-0.4, -0.2) is 42.8 Å². The van der Waals surface area contributed by atoms with Crippen molar-refractivity contribution in [1.82, 2.24) is 10.2 Å². The second kappa shape index (κ2) is 8.23. The van der Waals surface area contributed by atoms with Crippen molar-refractivity contribution >= 4 is 0 Å². The minimum atomic E-state index is -4.32. The summed E-state index contributed by atoms with van der Waals surface area (Å²) in [5.74, 6) is 0. The number of aliphatic hydroxyl groups excluding tert-OH is 1. The number of alkyl halides is 3. The van der Waals surface area contributed by atoms with Gasteiger partial charge in [-0.05, 0) is 28.8 Å². The monoisotopic (exact) mass is 392 g/mol. The third kappa shape index (κ3) is 4.57. The highest BCUT2D eigenvalue weighted by atomic mass is 19.4. The third-order valence-corrected chi connectivity index (χ3v) is 5.44. The van der Waals surface area contributed by atoms with Crippen molar-refractivity contribution in [2.75, 3.05) is 32.8 Å². The first-order valence-electron chi connectivity index (χ1n) is 9.55. The van der Waals surface area contributed by atoms with Gasteiger partial charge in [-0.15, -0.1) is 0 Å². The first-order chi connectivity index (χ1) is 13.2. The lowest BCUT2D eigenvalue weighted by atomic mass is 9.79. The molecule has 0 radical (unpaired) electrons. The van der Waals surface area contributed by atoms with Crippen molar-refractivity contribution in [2.24, 2.45) is 5.41 Å². The van der Waals surface area contributed by atoms with E-state index in [4.69, 9.17) is 0 Å². The summed E-state index contributed by atoms with van der Waals surface area (Å²) in [5.41, 5.74) is 1.78. The van der Waals surface area contributed by atoms with Crippen LogP contribution in [0.5, 0.6) is 0 Å². The quantitative estimate of drug-likeness (QED) is 0.795. The Balaban J connectivity index is 1.86. The van der Waals surface area contributed by atoms with Crippen LogP contribution >= 0.6 is 0 Å². The van der Waals surface area contributed by atoms with E-state index in [0.29, 0.717) is 0 Å². The molecule has 1 heterocycles. The van der Waals surface area contributed by atoms with Crippen molar-refractivity contribution in [1.29, 1.82) is 0 Å². The van der Waals surface area contributed by atoms with E-state index in [0.717, 1.165) is 55.0 Å². The average Bonchev–Trinajstić information content (AvgIpc) is 2.69. The van der Waals surface area contributed by atoms with Crippen LogP contribution in [0.2, 0.25) is 0 Å². The Labute approximate surface area is 164 Å². The summed E-state index contributed by atoms with van der Waals surface area (Å²) < 4.78 is 38.3. The summed E-state index contributed by atoms with van der Waals surface area (Å²) in [6, 6.07) is 13.2. The predicted molar refractivity (Wildman–Crippen MR) is 105 cm³/mol. The third-order valence-electron chi connectivity index (χ3n) is 5.44. The smallest absolute Gasteiger partial charge is 0.396 e. The molecule has 0 saturated carbocycles. The Bertz CT molecular complexity index is 764. The number of piperazine rings is 1. The van der Waals surface area contributed by atoms with Crippen LogP contribution < -0.4 is 5.32 Å². The molecule has 1 atom stereocenters. The van der Waals surface area contributed by atoms with E-state index in [1.165, 1.54) is 12.1 Å². The molecule has 1 saturated heterocycles. The molecule has 1 aliphatic rings. The van der Waals surface area contributed by atoms with Crippen molar-refractivity contribution < 1.29 is 18.3 Å². The lowest BCUT2D eigenvalue weighted by Gasteiger charge is -2.43. The molecule has 2 N–H and O–H groups in total. The van der Waals surface area contributed by atoms with Gasteiger partial charge in [0.25, 0.3) is 0 Å². The van der Waals surface area contributed by atoms with Crippen LogP contribution in [0.1, 0.15) is 31.0 Å². The number of nitrogens with one attached hydrogen (secondary N) is 1. The SMILES string of the molecule is CC(C)(CO)[C@@H](c1ccc(-c2ccc(C(F)(F)F)cc2)cc1)N1CCNCC1. The number of nitrogens with zero attached hydrogens (tertiary/aromatic N) is 1. The number of rotatable bonds is 5. The van der Waals surface area contributed by atoms with Gasteiger partial charge in [-0.25, -0.2) is 0 Å². The first-order valence-corrected chi connectivity index (χ1v) is 9.55. The van der Waals surface area contributed by atoms with Gasteiger partial charge in [0.2, 0.25) is 0 Å². The van der Waals surface area contributed by atoms with E-state index < -0.39 is 11.7 Å². The summed E-state index contributed by atoms with van der Waals surface area (Å²) >= 11 is 0. The number of aliphatic hydroxyl groups is 1. The molecular weight excluding hydrogens is 365 g/mol. The van der Waals surface area contributed by atoms with Crippen LogP contribution in [0, 0.1) is 5.41 Å². The van der Waals surface area contributed by atoms with Gasteiger partial charge in [0.15, 0.2) is 0 Å². The predicted octanol–water partition coefficient (Wildman–Crippen LogP) is 4.34. The van der Waals surface area contributed by atoms with Gasteiger partial charge in [0, 0.05) is 44.2 Å². The maximum atomic E-state index is 12.8. The first kappa shape index (κ1) is 20.8. The van der Waals surface area contributed by atoms with Crippen molar-refractivity contribution in [3.63, 3.8) is 0 Å². The van der Waals surface area contributed by atoms with E-state index in [-0.39, 0.29) is 18.1 Å². The Kier molecular flexibility index (Phi) is 6.12. The van der Waals surface area contributed by atoms with E-state index in [1.54, 1.807) is 0 Å². The van der Waals surface area contributed by atoms with Gasteiger partial charge in [0.05, 0.1) is 5.56 Å². The molecule has 0 aromatic heterocycles. The molecule has 1 aliphatic heterocycles. The summed E-state index contributed by atoms with van der Waals surface area (Å²) in [7, 11) is 0. The van der Waals surface area contributed by atoms with Gasteiger partial charge in [0.1, 0.15) is 0 Å². The number of benzene rings is 2. The zero-order valence-corrected chi connectivity index (χ0v) is 16.3. The Morgan fingerprint density at radius 3 is 1.89 bits per heavy atom. The largest absolute Gasteiger partial charge is 0.416 e. The van der Waals surface area contributed by atoms with Crippen LogP contribution in [0.4, 0.5) is 13.2 Å². The molecule has 0 unspecified atom stereocenters. The summed E-state index contributed by atoms with van der Waals surface area (Å²) in [6.45, 7) is 7.85. The molecule has 152 valence electrons. The second-order valence-corrected chi connectivity index (χ2v) is 8.03. The summed E-state index contributed by atoms with van der Waals surface area (Å²) in [6.07, 6.45) is -4.32. The fraction of sp³-hybridized carbons (Fsp3) is 0.455. The van der Waals surface area contributed by atoms with E-state index in [1.807, 2.05) is 24.3 Å². The van der Waals surface area contributed by atoms with Crippen molar-refractivity contribution in [2.45, 2.75) is 26.1 Å². The van der Waals surface area contributed by atoms with Crippen LogP contribution in [0.15, 0.2) is 48.5 Å². The molecule has 0 bridgehead atoms. The molecular formula is C22H27F3N2O. The maximum absolute atomic E-state index is 12.8. The van der Waals surface area contributed by atoms with E-state index >= 15 is 0 Å². The highest BCUT2D eigenvalue weighted by Gasteiger charge is 2.35. The van der Waals surface area contributed by atoms with Crippen LogP contribution in [0.3, 0.4) is 0 Å². The Morgan fingerprint density at radius 2 is 1.43 bits per heavy atom. The fourth-order valence-corrected chi connectivity index (χ4v) is 3.89. The van der Waals surface area contributed by atoms with Gasteiger partial charge >= 0.3 is 6.18 Å². The van der Waals surface area contributed by atoms with Gasteiger partial charge < -0.3 is 10.4 Å². The minimum absolute atomic E-state index is 0.0706. The molecule has 2 aromatic rings. The zero-order chi connectivity index (χ0) is 20.4. The number of halogens is 3. The molecule has 28 heavy (non-hydrogen) atoms. The molecule has 1 fully saturated rings. The maximum Gasteiger partial charge on any atom is 0.416 e. The van der Waals surface area contributed by atoms with E-state index in [2.05, 4.69) is 24.1 Å². The minimum Gasteiger partial charge on any atom is -0.396 e. The van der Waals surface area contributed by atoms with Gasteiger partial charge in [-0.1, -0.05) is 50.2 Å². The van der Waals surface area contributed by atoms with Gasteiger partial charge in [-0.3, -0.25) is 4.90 Å². The van der Waals surface area contributed by atoms with Gasteiger partial charge in [-0.2, -0.15) is 13.2 Å². The van der Waals surface area contributed by atoms with E-state index in [9.17, 15) is 18.3 Å². The standard InChI is InChI=1S/C22H27F3N2O/c1-21(2,15-28)20(27-13-11-26-12-14-27)18-5-3-16(4-6-18)17-7-9-19(10-8-17)22(23,24)25/h3-10,20,26,28H,11-15H2,1-2H3/t20-/m1/s1.